The first-order valence-electron chi connectivity index (χ1n) is 6.37. The van der Waals surface area contributed by atoms with E-state index in [1.165, 1.54) is 0 Å². The Morgan fingerprint density at radius 3 is 2.28 bits per heavy atom. The molecule has 0 bridgehead atoms. The Morgan fingerprint density at radius 2 is 1.89 bits per heavy atom. The largest absolute Gasteiger partial charge is 0.444 e. The summed E-state index contributed by atoms with van der Waals surface area (Å²) < 4.78 is 5.18. The Hall–Kier alpha value is -1.10. The summed E-state index contributed by atoms with van der Waals surface area (Å²) in [6.45, 7) is 5.91. The second-order valence-electron chi connectivity index (χ2n) is 6.14. The van der Waals surface area contributed by atoms with Crippen LogP contribution in [0.25, 0.3) is 0 Å². The third-order valence-corrected chi connectivity index (χ3v) is 2.56. The van der Waals surface area contributed by atoms with Crippen LogP contribution in [0.5, 0.6) is 0 Å². The van der Waals surface area contributed by atoms with Gasteiger partial charge in [-0.15, -0.1) is 0 Å². The number of carbonyl (C=O) groups is 2. The molecule has 1 amide bonds. The van der Waals surface area contributed by atoms with Gasteiger partial charge in [-0.25, -0.2) is 4.79 Å². The van der Waals surface area contributed by atoms with E-state index >= 15 is 0 Å². The molecule has 1 saturated carbocycles. The number of Topliss-reactive ketones (excluding diaryl/α,β-unsaturated/α-hetero) is 1. The molecule has 1 aliphatic rings. The number of nitrogens with one attached hydrogen (secondary N) is 1. The third kappa shape index (κ3) is 5.49. The average molecular weight is 256 g/mol. The van der Waals surface area contributed by atoms with Crippen molar-refractivity contribution < 1.29 is 14.3 Å². The fourth-order valence-electron chi connectivity index (χ4n) is 1.67. The van der Waals surface area contributed by atoms with Crippen molar-refractivity contribution in [3.63, 3.8) is 0 Å². The number of hydrogen-bond donors (Lipinski definition) is 1. The van der Waals surface area contributed by atoms with Gasteiger partial charge < -0.3 is 15.0 Å². The molecule has 0 heterocycles. The summed E-state index contributed by atoms with van der Waals surface area (Å²) in [5, 5.41) is 2.67. The molecule has 5 nitrogen and oxygen atoms in total. The smallest absolute Gasteiger partial charge is 0.408 e. The number of hydrogen-bond acceptors (Lipinski definition) is 4. The standard InChI is InChI=1S/C13H24N2O3/c1-13(2,3)18-12(17)14-10(8-15(4)5)11(16)9-6-7-9/h9-10H,6-8H2,1-5H3,(H,14,17). The first-order valence-corrected chi connectivity index (χ1v) is 6.37. The van der Waals surface area contributed by atoms with E-state index in [0.717, 1.165) is 12.8 Å². The zero-order chi connectivity index (χ0) is 13.9. The van der Waals surface area contributed by atoms with Gasteiger partial charge in [-0.1, -0.05) is 0 Å². The topological polar surface area (TPSA) is 58.6 Å². The molecule has 0 aliphatic heterocycles. The van der Waals surface area contributed by atoms with Gasteiger partial charge in [-0.2, -0.15) is 0 Å². The molecule has 1 unspecified atom stereocenters. The molecule has 1 fully saturated rings. The Balaban J connectivity index is 2.54. The van der Waals surface area contributed by atoms with Crippen LogP contribution in [0.15, 0.2) is 0 Å². The minimum Gasteiger partial charge on any atom is -0.444 e. The maximum Gasteiger partial charge on any atom is 0.408 e. The van der Waals surface area contributed by atoms with Crippen LogP contribution in [0.1, 0.15) is 33.6 Å². The molecule has 1 rings (SSSR count). The number of nitrogens with zero attached hydrogens (tertiary/aromatic N) is 1. The van der Waals surface area contributed by atoms with Gasteiger partial charge in [0.2, 0.25) is 0 Å². The molecule has 0 aromatic rings. The lowest BCUT2D eigenvalue weighted by Crippen LogP contribution is -2.49. The lowest BCUT2D eigenvalue weighted by molar-refractivity contribution is -0.122. The van der Waals surface area contributed by atoms with Crippen LogP contribution in [0.2, 0.25) is 0 Å². The number of ether oxygens (including phenoxy) is 1. The van der Waals surface area contributed by atoms with Crippen LogP contribution in [0, 0.1) is 5.92 Å². The molecule has 0 radical (unpaired) electrons. The molecule has 0 spiro atoms. The molecule has 1 N–H and O–H groups in total. The van der Waals surface area contributed by atoms with Gasteiger partial charge in [0.1, 0.15) is 11.6 Å². The highest BCUT2D eigenvalue weighted by molar-refractivity contribution is 5.91. The van der Waals surface area contributed by atoms with E-state index in [9.17, 15) is 9.59 Å². The summed E-state index contributed by atoms with van der Waals surface area (Å²) in [5.41, 5.74) is -0.546. The van der Waals surface area contributed by atoms with Crippen LogP contribution in [0.4, 0.5) is 4.79 Å². The lowest BCUT2D eigenvalue weighted by atomic mass is 10.1. The van der Waals surface area contributed by atoms with Gasteiger partial charge in [-0.3, -0.25) is 4.79 Å². The van der Waals surface area contributed by atoms with Crippen molar-refractivity contribution in [2.75, 3.05) is 20.6 Å². The molecule has 104 valence electrons. The average Bonchev–Trinajstić information content (AvgIpc) is 2.94. The molecular weight excluding hydrogens is 232 g/mol. The van der Waals surface area contributed by atoms with Gasteiger partial charge in [0, 0.05) is 12.5 Å². The fraction of sp³-hybridized carbons (Fsp3) is 0.846. The van der Waals surface area contributed by atoms with Gasteiger partial charge in [0.05, 0.1) is 0 Å². The monoisotopic (exact) mass is 256 g/mol. The highest BCUT2D eigenvalue weighted by Gasteiger charge is 2.36. The SMILES string of the molecule is CN(C)CC(NC(=O)OC(C)(C)C)C(=O)C1CC1. The number of likely N-dealkylation sites (N-methyl/N-ethyl adjacent to an activating group) is 1. The second-order valence-corrected chi connectivity index (χ2v) is 6.14. The zero-order valence-corrected chi connectivity index (χ0v) is 11.9. The number of carbonyl (C=O) groups excluding carboxylic acids is 2. The van der Waals surface area contributed by atoms with Crippen molar-refractivity contribution in [3.8, 4) is 0 Å². The second kappa shape index (κ2) is 5.69. The van der Waals surface area contributed by atoms with Crippen LogP contribution in [-0.2, 0) is 9.53 Å². The summed E-state index contributed by atoms with van der Waals surface area (Å²) in [6, 6.07) is -0.470. The van der Waals surface area contributed by atoms with E-state index in [0.29, 0.717) is 6.54 Å². The number of rotatable bonds is 5. The quantitative estimate of drug-likeness (QED) is 0.808. The Kier molecular flexibility index (Phi) is 4.73. The molecule has 0 aromatic carbocycles. The van der Waals surface area contributed by atoms with E-state index in [1.807, 2.05) is 19.0 Å². The van der Waals surface area contributed by atoms with Crippen molar-refractivity contribution in [2.24, 2.45) is 5.92 Å². The van der Waals surface area contributed by atoms with Gasteiger partial charge in [0.15, 0.2) is 5.78 Å². The minimum atomic E-state index is -0.546. The van der Waals surface area contributed by atoms with Crippen LogP contribution in [0.3, 0.4) is 0 Å². The zero-order valence-electron chi connectivity index (χ0n) is 11.9. The number of ketones is 1. The highest BCUT2D eigenvalue weighted by Crippen LogP contribution is 2.31. The van der Waals surface area contributed by atoms with Crippen molar-refractivity contribution >= 4 is 11.9 Å². The van der Waals surface area contributed by atoms with Crippen LogP contribution in [-0.4, -0.2) is 49.1 Å². The third-order valence-electron chi connectivity index (χ3n) is 2.56. The number of alkyl carbamates (subject to hydrolysis) is 1. The van der Waals surface area contributed by atoms with Gasteiger partial charge >= 0.3 is 6.09 Å². The molecule has 18 heavy (non-hydrogen) atoms. The fourth-order valence-corrected chi connectivity index (χ4v) is 1.67. The highest BCUT2D eigenvalue weighted by atomic mass is 16.6. The van der Waals surface area contributed by atoms with Gasteiger partial charge in [0.25, 0.3) is 0 Å². The van der Waals surface area contributed by atoms with Crippen molar-refractivity contribution in [2.45, 2.75) is 45.3 Å². The molecule has 1 atom stereocenters. The molecule has 1 aliphatic carbocycles. The Bertz CT molecular complexity index is 317. The summed E-state index contributed by atoms with van der Waals surface area (Å²) in [5.74, 6) is 0.249. The van der Waals surface area contributed by atoms with E-state index in [-0.39, 0.29) is 11.7 Å². The summed E-state index contributed by atoms with van der Waals surface area (Å²) in [4.78, 5) is 25.6. The summed E-state index contributed by atoms with van der Waals surface area (Å²) in [6.07, 6.45) is 1.36. The summed E-state index contributed by atoms with van der Waals surface area (Å²) in [7, 11) is 3.76. The van der Waals surface area contributed by atoms with Crippen LogP contribution >= 0.6 is 0 Å². The lowest BCUT2D eigenvalue weighted by Gasteiger charge is -2.24. The Morgan fingerprint density at radius 1 is 1.33 bits per heavy atom. The maximum absolute atomic E-state index is 12.0. The van der Waals surface area contributed by atoms with Crippen molar-refractivity contribution in [1.29, 1.82) is 0 Å². The predicted molar refractivity (Wildman–Crippen MR) is 69.4 cm³/mol. The van der Waals surface area contributed by atoms with E-state index in [4.69, 9.17) is 4.74 Å². The van der Waals surface area contributed by atoms with Gasteiger partial charge in [-0.05, 0) is 47.7 Å². The molecular formula is C13H24N2O3. The van der Waals surface area contributed by atoms with Crippen molar-refractivity contribution in [1.82, 2.24) is 10.2 Å². The van der Waals surface area contributed by atoms with E-state index in [2.05, 4.69) is 5.32 Å². The molecule has 0 saturated heterocycles. The normalized spacial score (nSPS) is 17.4. The molecule has 5 heteroatoms. The summed E-state index contributed by atoms with van der Waals surface area (Å²) >= 11 is 0. The van der Waals surface area contributed by atoms with Crippen LogP contribution < -0.4 is 5.32 Å². The first-order chi connectivity index (χ1) is 8.19. The van der Waals surface area contributed by atoms with E-state index in [1.54, 1.807) is 20.8 Å². The maximum atomic E-state index is 12.0. The predicted octanol–water partition coefficient (Wildman–Crippen LogP) is 1.42. The number of amides is 1. The van der Waals surface area contributed by atoms with E-state index < -0.39 is 17.7 Å². The Labute approximate surface area is 109 Å². The first kappa shape index (κ1) is 15.0. The van der Waals surface area contributed by atoms with Crippen molar-refractivity contribution in [3.05, 3.63) is 0 Å². The minimum absolute atomic E-state index is 0.120. The molecule has 0 aromatic heterocycles.